The van der Waals surface area contributed by atoms with Crippen molar-refractivity contribution in [3.63, 3.8) is 0 Å². The molecule has 0 N–H and O–H groups in total. The molecule has 0 rings (SSSR count). The molecule has 0 aromatic rings. The molecule has 0 aliphatic carbocycles. The lowest BCUT2D eigenvalue weighted by Gasteiger charge is -2.28. The molecule has 15 heavy (non-hydrogen) atoms. The Morgan fingerprint density at radius 3 is 1.60 bits per heavy atom. The molecule has 0 atom stereocenters. The molecule has 0 bridgehead atoms. The van der Waals surface area contributed by atoms with Crippen LogP contribution in [0.5, 0.6) is 0 Å². The molecule has 0 aliphatic heterocycles. The normalized spacial score (nSPS) is 11.3. The van der Waals surface area contributed by atoms with Crippen LogP contribution in [0.15, 0.2) is 25.3 Å². The molecule has 3 heteroatoms. The Hall–Kier alpha value is -0.383. The standard InChI is InChI=1S/C12H24O2Si/c1-5-9-15(10-6-2,11-13-7-3)12-14-8-4/h5-6H,1-2,7-12H2,3-4H3. The average Bonchev–Trinajstić information content (AvgIpc) is 2.24. The van der Waals surface area contributed by atoms with Crippen molar-refractivity contribution in [1.82, 2.24) is 0 Å². The predicted octanol–water partition coefficient (Wildman–Crippen LogP) is 2.96. The van der Waals surface area contributed by atoms with Crippen LogP contribution in [0.2, 0.25) is 12.1 Å². The second-order valence-electron chi connectivity index (χ2n) is 3.76. The first-order valence-electron chi connectivity index (χ1n) is 5.62. The Morgan fingerprint density at radius 1 is 0.933 bits per heavy atom. The fraction of sp³-hybridized carbons (Fsp3) is 0.667. The van der Waals surface area contributed by atoms with Crippen LogP contribution in [0.3, 0.4) is 0 Å². The fourth-order valence-corrected chi connectivity index (χ4v) is 4.83. The van der Waals surface area contributed by atoms with Crippen LogP contribution in [0.1, 0.15) is 13.8 Å². The van der Waals surface area contributed by atoms with E-state index in [4.69, 9.17) is 9.47 Å². The molecular weight excluding hydrogens is 204 g/mol. The smallest absolute Gasteiger partial charge is 0.120 e. The maximum Gasteiger partial charge on any atom is 0.120 e. The van der Waals surface area contributed by atoms with E-state index in [1.807, 2.05) is 26.0 Å². The minimum atomic E-state index is -1.52. The van der Waals surface area contributed by atoms with Gasteiger partial charge in [0.25, 0.3) is 0 Å². The van der Waals surface area contributed by atoms with Gasteiger partial charge in [-0.1, -0.05) is 12.2 Å². The van der Waals surface area contributed by atoms with Crippen molar-refractivity contribution < 1.29 is 9.47 Å². The van der Waals surface area contributed by atoms with E-state index < -0.39 is 8.07 Å². The van der Waals surface area contributed by atoms with Crippen LogP contribution >= 0.6 is 0 Å². The summed E-state index contributed by atoms with van der Waals surface area (Å²) in [4.78, 5) is 0. The maximum atomic E-state index is 5.59. The summed E-state index contributed by atoms with van der Waals surface area (Å²) < 4.78 is 11.2. The van der Waals surface area contributed by atoms with E-state index in [1.54, 1.807) is 0 Å². The van der Waals surface area contributed by atoms with Crippen molar-refractivity contribution >= 4 is 8.07 Å². The molecule has 0 saturated heterocycles. The molecule has 0 radical (unpaired) electrons. The number of rotatable bonds is 10. The highest BCUT2D eigenvalue weighted by Gasteiger charge is 2.31. The fourth-order valence-electron chi connectivity index (χ4n) is 1.61. The van der Waals surface area contributed by atoms with Gasteiger partial charge in [0.05, 0.1) is 0 Å². The van der Waals surface area contributed by atoms with Crippen molar-refractivity contribution in [2.24, 2.45) is 0 Å². The molecule has 88 valence electrons. The molecule has 0 aromatic heterocycles. The summed E-state index contributed by atoms with van der Waals surface area (Å²) in [5.74, 6) is 0. The molecular formula is C12H24O2Si. The third-order valence-corrected chi connectivity index (χ3v) is 6.32. The molecule has 0 fully saturated rings. The second kappa shape index (κ2) is 8.89. The van der Waals surface area contributed by atoms with Crippen LogP contribution in [-0.2, 0) is 9.47 Å². The summed E-state index contributed by atoms with van der Waals surface area (Å²) in [7, 11) is -1.52. The monoisotopic (exact) mass is 228 g/mol. The van der Waals surface area contributed by atoms with Gasteiger partial charge in [-0.2, -0.15) is 0 Å². The SMILES string of the molecule is C=CC[Si](CC=C)(COCC)COCC. The third kappa shape index (κ3) is 5.92. The summed E-state index contributed by atoms with van der Waals surface area (Å²) >= 11 is 0. The first-order valence-corrected chi connectivity index (χ1v) is 8.44. The van der Waals surface area contributed by atoms with Crippen molar-refractivity contribution in [3.05, 3.63) is 25.3 Å². The molecule has 0 saturated carbocycles. The van der Waals surface area contributed by atoms with E-state index in [0.29, 0.717) is 0 Å². The van der Waals surface area contributed by atoms with Crippen LogP contribution in [-0.4, -0.2) is 33.7 Å². The Kier molecular flexibility index (Phi) is 8.66. The Labute approximate surface area is 95.0 Å². The van der Waals surface area contributed by atoms with Crippen LogP contribution in [0, 0.1) is 0 Å². The van der Waals surface area contributed by atoms with Gasteiger partial charge < -0.3 is 9.47 Å². The van der Waals surface area contributed by atoms with Gasteiger partial charge in [-0.05, 0) is 25.9 Å². The molecule has 0 amide bonds. The molecule has 0 aromatic carbocycles. The number of ether oxygens (including phenoxy) is 2. The average molecular weight is 228 g/mol. The van der Waals surface area contributed by atoms with Crippen molar-refractivity contribution in [2.75, 3.05) is 25.7 Å². The van der Waals surface area contributed by atoms with Gasteiger partial charge in [0.2, 0.25) is 0 Å². The third-order valence-electron chi connectivity index (χ3n) is 2.38. The molecule has 0 aliphatic rings. The lowest BCUT2D eigenvalue weighted by atomic mass is 10.7. The van der Waals surface area contributed by atoms with Gasteiger partial charge in [0, 0.05) is 25.7 Å². The van der Waals surface area contributed by atoms with Crippen LogP contribution < -0.4 is 0 Å². The number of hydrogen-bond acceptors (Lipinski definition) is 2. The Balaban J connectivity index is 4.38. The van der Waals surface area contributed by atoms with Crippen molar-refractivity contribution in [3.8, 4) is 0 Å². The highest BCUT2D eigenvalue weighted by Crippen LogP contribution is 2.18. The minimum absolute atomic E-state index is 0.773. The lowest BCUT2D eigenvalue weighted by molar-refractivity contribution is 0.162. The Morgan fingerprint density at radius 2 is 1.33 bits per heavy atom. The van der Waals surface area contributed by atoms with E-state index >= 15 is 0 Å². The van der Waals surface area contributed by atoms with E-state index in [0.717, 1.165) is 37.8 Å². The summed E-state index contributed by atoms with van der Waals surface area (Å²) in [5.41, 5.74) is 0. The summed E-state index contributed by atoms with van der Waals surface area (Å²) in [5, 5.41) is 0. The van der Waals surface area contributed by atoms with Gasteiger partial charge in [-0.15, -0.1) is 13.2 Å². The van der Waals surface area contributed by atoms with Crippen molar-refractivity contribution in [2.45, 2.75) is 25.9 Å². The summed E-state index contributed by atoms with van der Waals surface area (Å²) in [6.07, 6.45) is 5.69. The quantitative estimate of drug-likeness (QED) is 0.423. The van der Waals surface area contributed by atoms with E-state index in [2.05, 4.69) is 13.2 Å². The van der Waals surface area contributed by atoms with Gasteiger partial charge in [0.1, 0.15) is 8.07 Å². The van der Waals surface area contributed by atoms with E-state index in [1.165, 1.54) is 0 Å². The largest absolute Gasteiger partial charge is 0.385 e. The van der Waals surface area contributed by atoms with E-state index in [-0.39, 0.29) is 0 Å². The zero-order valence-corrected chi connectivity index (χ0v) is 11.1. The first kappa shape index (κ1) is 14.6. The zero-order chi connectivity index (χ0) is 11.6. The molecule has 0 unspecified atom stereocenters. The highest BCUT2D eigenvalue weighted by molar-refractivity contribution is 6.80. The second-order valence-corrected chi connectivity index (χ2v) is 8.15. The summed E-state index contributed by atoms with van der Waals surface area (Å²) in [6.45, 7) is 13.3. The molecule has 0 spiro atoms. The molecule has 2 nitrogen and oxygen atoms in total. The zero-order valence-electron chi connectivity index (χ0n) is 10.1. The van der Waals surface area contributed by atoms with Gasteiger partial charge in [-0.3, -0.25) is 0 Å². The number of hydrogen-bond donors (Lipinski definition) is 0. The summed E-state index contributed by atoms with van der Waals surface area (Å²) in [6, 6.07) is 2.08. The first-order chi connectivity index (χ1) is 7.24. The van der Waals surface area contributed by atoms with Crippen LogP contribution in [0.4, 0.5) is 0 Å². The van der Waals surface area contributed by atoms with Gasteiger partial charge in [0.15, 0.2) is 0 Å². The lowest BCUT2D eigenvalue weighted by Crippen LogP contribution is -2.45. The minimum Gasteiger partial charge on any atom is -0.385 e. The molecule has 0 heterocycles. The Bertz CT molecular complexity index is 160. The maximum absolute atomic E-state index is 5.59. The van der Waals surface area contributed by atoms with Crippen molar-refractivity contribution in [1.29, 1.82) is 0 Å². The number of allylic oxidation sites excluding steroid dienone is 2. The van der Waals surface area contributed by atoms with Gasteiger partial charge >= 0.3 is 0 Å². The predicted molar refractivity (Wildman–Crippen MR) is 68.7 cm³/mol. The topological polar surface area (TPSA) is 18.5 Å². The van der Waals surface area contributed by atoms with Crippen LogP contribution in [0.25, 0.3) is 0 Å². The van der Waals surface area contributed by atoms with Gasteiger partial charge in [-0.25, -0.2) is 0 Å². The van der Waals surface area contributed by atoms with E-state index in [9.17, 15) is 0 Å². The highest BCUT2D eigenvalue weighted by atomic mass is 28.3.